The van der Waals surface area contributed by atoms with E-state index >= 15 is 0 Å². The summed E-state index contributed by atoms with van der Waals surface area (Å²) in [7, 11) is -9.18. The van der Waals surface area contributed by atoms with Gasteiger partial charge >= 0.3 is 0 Å². The van der Waals surface area contributed by atoms with Gasteiger partial charge in [-0.3, -0.25) is 13.9 Å². The zero-order valence-corrected chi connectivity index (χ0v) is 15.2. The van der Waals surface area contributed by atoms with E-state index in [4.69, 9.17) is 11.6 Å². The van der Waals surface area contributed by atoms with Crippen LogP contribution in [-0.4, -0.2) is 32.4 Å². The molecule has 8 nitrogen and oxygen atoms in total. The van der Waals surface area contributed by atoms with Crippen molar-refractivity contribution in [3.05, 3.63) is 52.5 Å². The minimum absolute atomic E-state index is 0.0280. The van der Waals surface area contributed by atoms with Crippen molar-refractivity contribution in [1.82, 2.24) is 0 Å². The van der Waals surface area contributed by atoms with Crippen molar-refractivity contribution < 1.29 is 30.7 Å². The summed E-state index contributed by atoms with van der Waals surface area (Å²) in [6, 6.07) is 7.46. The standard InChI is InChI=1S/C15H12ClNO7S2/c16-12-5-3-10(14(7-12)25(19,20)21)1-2-11-4-6-13(17-9-18)8-15(11)26(22,23)24/h1-9H,(H,17,18)(H,19,20,21)(H,22,23,24). The largest absolute Gasteiger partial charge is 0.329 e. The van der Waals surface area contributed by atoms with Crippen LogP contribution >= 0.6 is 11.6 Å². The van der Waals surface area contributed by atoms with Crippen molar-refractivity contribution in [3.8, 4) is 0 Å². The van der Waals surface area contributed by atoms with Crippen LogP contribution in [0.5, 0.6) is 0 Å². The van der Waals surface area contributed by atoms with Crippen LogP contribution in [-0.2, 0) is 25.0 Å². The summed E-state index contributed by atoms with van der Waals surface area (Å²) in [4.78, 5) is 9.50. The highest BCUT2D eigenvalue weighted by Gasteiger charge is 2.17. The highest BCUT2D eigenvalue weighted by molar-refractivity contribution is 7.86. The van der Waals surface area contributed by atoms with Crippen molar-refractivity contribution in [2.24, 2.45) is 0 Å². The third kappa shape index (κ3) is 4.90. The van der Waals surface area contributed by atoms with Crippen LogP contribution in [0.15, 0.2) is 46.2 Å². The van der Waals surface area contributed by atoms with Gasteiger partial charge in [0, 0.05) is 10.7 Å². The molecule has 0 aliphatic heterocycles. The number of carbonyl (C=O) groups excluding carboxylic acids is 1. The van der Waals surface area contributed by atoms with Gasteiger partial charge in [0.05, 0.1) is 0 Å². The first-order valence-electron chi connectivity index (χ1n) is 6.79. The molecule has 0 atom stereocenters. The highest BCUT2D eigenvalue weighted by atomic mass is 35.5. The Labute approximate surface area is 154 Å². The molecule has 2 aromatic carbocycles. The molecule has 0 spiro atoms. The summed E-state index contributed by atoms with van der Waals surface area (Å²) in [5, 5.41) is 2.33. The Bertz CT molecular complexity index is 1090. The summed E-state index contributed by atoms with van der Waals surface area (Å²) in [6.07, 6.45) is 2.80. The minimum Gasteiger partial charge on any atom is -0.329 e. The van der Waals surface area contributed by atoms with Gasteiger partial charge in [0.1, 0.15) is 9.79 Å². The molecule has 0 aliphatic rings. The van der Waals surface area contributed by atoms with E-state index < -0.39 is 30.0 Å². The molecule has 0 bridgehead atoms. The van der Waals surface area contributed by atoms with Gasteiger partial charge in [0.25, 0.3) is 20.2 Å². The van der Waals surface area contributed by atoms with Crippen molar-refractivity contribution in [2.45, 2.75) is 9.79 Å². The number of carbonyl (C=O) groups is 1. The molecule has 1 amide bonds. The second kappa shape index (κ2) is 7.56. The molecule has 0 aromatic heterocycles. The molecular formula is C15H12ClNO7S2. The van der Waals surface area contributed by atoms with E-state index in [1.54, 1.807) is 0 Å². The lowest BCUT2D eigenvalue weighted by atomic mass is 10.1. The molecule has 0 radical (unpaired) electrons. The van der Waals surface area contributed by atoms with Crippen LogP contribution in [0.4, 0.5) is 5.69 Å². The van der Waals surface area contributed by atoms with Crippen molar-refractivity contribution in [2.75, 3.05) is 5.32 Å². The fraction of sp³-hybridized carbons (Fsp3) is 0. The number of hydrogen-bond acceptors (Lipinski definition) is 5. The maximum absolute atomic E-state index is 11.5. The van der Waals surface area contributed by atoms with Gasteiger partial charge in [-0.05, 0) is 35.4 Å². The summed E-state index contributed by atoms with van der Waals surface area (Å²) < 4.78 is 64.6. The second-order valence-electron chi connectivity index (χ2n) is 4.98. The lowest BCUT2D eigenvalue weighted by molar-refractivity contribution is -0.105. The smallest absolute Gasteiger partial charge is 0.295 e. The molecule has 0 aliphatic carbocycles. The molecule has 2 aromatic rings. The van der Waals surface area contributed by atoms with E-state index in [9.17, 15) is 30.7 Å². The Hall–Kier alpha value is -2.24. The highest BCUT2D eigenvalue weighted by Crippen LogP contribution is 2.25. The number of amides is 1. The molecule has 2 rings (SSSR count). The van der Waals surface area contributed by atoms with Crippen LogP contribution in [0.3, 0.4) is 0 Å². The topological polar surface area (TPSA) is 138 Å². The molecular weight excluding hydrogens is 406 g/mol. The fourth-order valence-electron chi connectivity index (χ4n) is 2.10. The second-order valence-corrected chi connectivity index (χ2v) is 8.20. The van der Waals surface area contributed by atoms with E-state index in [1.165, 1.54) is 36.4 Å². The minimum atomic E-state index is -4.62. The molecule has 0 saturated heterocycles. The van der Waals surface area contributed by atoms with Gasteiger partial charge in [0.15, 0.2) is 0 Å². The average Bonchev–Trinajstić information content (AvgIpc) is 2.53. The summed E-state index contributed by atoms with van der Waals surface area (Å²) in [6.45, 7) is 0. The number of halogens is 1. The zero-order chi connectivity index (χ0) is 19.5. The SMILES string of the molecule is O=CNc1ccc(C=Cc2ccc(Cl)cc2S(=O)(=O)O)c(S(=O)(=O)O)c1. The number of nitrogens with one attached hydrogen (secondary N) is 1. The maximum atomic E-state index is 11.5. The number of hydrogen-bond donors (Lipinski definition) is 3. The maximum Gasteiger partial charge on any atom is 0.295 e. The molecule has 3 N–H and O–H groups in total. The first-order chi connectivity index (χ1) is 12.0. The third-order valence-corrected chi connectivity index (χ3v) is 5.27. The molecule has 138 valence electrons. The Balaban J connectivity index is 2.58. The fourth-order valence-corrected chi connectivity index (χ4v) is 3.76. The quantitative estimate of drug-likeness (QED) is 0.373. The van der Waals surface area contributed by atoms with Crippen LogP contribution in [0, 0.1) is 0 Å². The van der Waals surface area contributed by atoms with Gasteiger partial charge in [-0.25, -0.2) is 0 Å². The Morgan fingerprint density at radius 1 is 0.846 bits per heavy atom. The molecule has 0 unspecified atom stereocenters. The lowest BCUT2D eigenvalue weighted by Gasteiger charge is -2.07. The predicted molar refractivity (Wildman–Crippen MR) is 96.1 cm³/mol. The summed E-state index contributed by atoms with van der Waals surface area (Å²) >= 11 is 5.72. The molecule has 26 heavy (non-hydrogen) atoms. The van der Waals surface area contributed by atoms with Crippen molar-refractivity contribution >= 4 is 56.1 Å². The Morgan fingerprint density at radius 3 is 1.85 bits per heavy atom. The van der Waals surface area contributed by atoms with E-state index in [0.717, 1.165) is 12.1 Å². The first kappa shape index (κ1) is 20.1. The Kier molecular flexibility index (Phi) is 5.84. The van der Waals surface area contributed by atoms with Gasteiger partial charge < -0.3 is 5.32 Å². The zero-order valence-electron chi connectivity index (χ0n) is 12.8. The van der Waals surface area contributed by atoms with Crippen LogP contribution in [0.2, 0.25) is 5.02 Å². The first-order valence-corrected chi connectivity index (χ1v) is 10.0. The van der Waals surface area contributed by atoms with E-state index in [0.29, 0.717) is 6.41 Å². The molecule has 0 fully saturated rings. The van der Waals surface area contributed by atoms with Gasteiger partial charge in [0.2, 0.25) is 6.41 Å². The number of anilines is 1. The molecule has 11 heteroatoms. The summed E-state index contributed by atoms with van der Waals surface area (Å²) in [5.41, 5.74) is 0.211. The summed E-state index contributed by atoms with van der Waals surface area (Å²) in [5.74, 6) is 0. The van der Waals surface area contributed by atoms with E-state index in [-0.39, 0.29) is 21.8 Å². The monoisotopic (exact) mass is 417 g/mol. The Morgan fingerprint density at radius 2 is 1.35 bits per heavy atom. The number of rotatable bonds is 6. The van der Waals surface area contributed by atoms with Crippen LogP contribution in [0.25, 0.3) is 12.2 Å². The predicted octanol–water partition coefficient (Wildman–Crippen LogP) is 2.57. The van der Waals surface area contributed by atoms with Crippen molar-refractivity contribution in [3.63, 3.8) is 0 Å². The molecule has 0 heterocycles. The van der Waals surface area contributed by atoms with E-state index in [1.807, 2.05) is 0 Å². The van der Waals surface area contributed by atoms with Gasteiger partial charge in [-0.1, -0.05) is 35.9 Å². The normalized spacial score (nSPS) is 12.3. The van der Waals surface area contributed by atoms with E-state index in [2.05, 4.69) is 5.32 Å². The lowest BCUT2D eigenvalue weighted by Crippen LogP contribution is -2.03. The van der Waals surface area contributed by atoms with Gasteiger partial charge in [-0.15, -0.1) is 0 Å². The van der Waals surface area contributed by atoms with Crippen LogP contribution < -0.4 is 5.32 Å². The molecule has 0 saturated carbocycles. The van der Waals surface area contributed by atoms with Gasteiger partial charge in [-0.2, -0.15) is 16.8 Å². The average molecular weight is 418 g/mol. The third-order valence-electron chi connectivity index (χ3n) is 3.21. The number of benzene rings is 2. The van der Waals surface area contributed by atoms with Crippen molar-refractivity contribution in [1.29, 1.82) is 0 Å². The van der Waals surface area contributed by atoms with Crippen LogP contribution in [0.1, 0.15) is 11.1 Å².